The number of nitrogens with zero attached hydrogens (tertiary/aromatic N) is 4. The molecule has 1 N–H and O–H groups in total. The van der Waals surface area contributed by atoms with Crippen molar-refractivity contribution in [2.45, 2.75) is 31.5 Å². The summed E-state index contributed by atoms with van der Waals surface area (Å²) in [4.78, 5) is 44.2. The fraction of sp³-hybridized carbons (Fsp3) is 0.333. The second-order valence-electron chi connectivity index (χ2n) is 8.63. The number of piperazine rings is 1. The van der Waals surface area contributed by atoms with Crippen molar-refractivity contribution in [1.82, 2.24) is 9.80 Å². The summed E-state index contributed by atoms with van der Waals surface area (Å²) in [5, 5.41) is 12.3. The Morgan fingerprint density at radius 2 is 1.86 bits per heavy atom. The minimum absolute atomic E-state index is 0.204. The molecule has 0 spiro atoms. The second kappa shape index (κ2) is 8.36. The number of halogens is 1. The van der Waals surface area contributed by atoms with Crippen LogP contribution in [0.15, 0.2) is 30.3 Å². The zero-order chi connectivity index (χ0) is 25.0. The summed E-state index contributed by atoms with van der Waals surface area (Å²) < 4.78 is 10.5. The number of hydrogen-bond donors (Lipinski definition) is 1. The number of benzene rings is 2. The Morgan fingerprint density at radius 1 is 1.17 bits per heavy atom. The van der Waals surface area contributed by atoms with E-state index in [-0.39, 0.29) is 22.7 Å². The van der Waals surface area contributed by atoms with Crippen LogP contribution < -0.4 is 19.7 Å². The summed E-state index contributed by atoms with van der Waals surface area (Å²) in [5.74, 6) is 0.641. The smallest absolute Gasteiger partial charge is 0.332 e. The van der Waals surface area contributed by atoms with Gasteiger partial charge in [-0.25, -0.2) is 14.5 Å². The number of amides is 5. The number of imide groups is 1. The first-order chi connectivity index (χ1) is 16.8. The van der Waals surface area contributed by atoms with Gasteiger partial charge in [-0.05, 0) is 31.0 Å². The Hall–Kier alpha value is -3.97. The van der Waals surface area contributed by atoms with Gasteiger partial charge in [-0.2, -0.15) is 5.26 Å². The van der Waals surface area contributed by atoms with Crippen LogP contribution in [0.3, 0.4) is 0 Å². The van der Waals surface area contributed by atoms with Crippen molar-refractivity contribution in [2.75, 3.05) is 31.0 Å². The SMILES string of the molecule is COc1cc(NC(=O)N2C[C@@H]3C[C@H]2[C@H]2C(=O)N(c4ccc(C#N)c(Cl)c4C)C(=O)N32)cc(OC)c1. The van der Waals surface area contributed by atoms with Crippen LogP contribution in [0.4, 0.5) is 21.0 Å². The van der Waals surface area contributed by atoms with E-state index < -0.39 is 24.0 Å². The highest BCUT2D eigenvalue weighted by Crippen LogP contribution is 2.44. The number of carbonyl (C=O) groups excluding carboxylic acids is 3. The molecular weight excluding hydrogens is 474 g/mol. The third-order valence-corrected chi connectivity index (χ3v) is 7.33. The van der Waals surface area contributed by atoms with E-state index in [1.807, 2.05) is 6.07 Å². The lowest BCUT2D eigenvalue weighted by atomic mass is 10.1. The summed E-state index contributed by atoms with van der Waals surface area (Å²) in [7, 11) is 3.04. The molecule has 5 amide bonds. The minimum atomic E-state index is -0.777. The molecule has 0 aromatic heterocycles. The fourth-order valence-corrected chi connectivity index (χ4v) is 5.39. The number of hydrogen-bond acceptors (Lipinski definition) is 6. The summed E-state index contributed by atoms with van der Waals surface area (Å²) in [6, 6.07) is 7.77. The minimum Gasteiger partial charge on any atom is -0.497 e. The zero-order valence-electron chi connectivity index (χ0n) is 19.2. The first kappa shape index (κ1) is 22.8. The molecule has 3 aliphatic rings. The molecule has 10 nitrogen and oxygen atoms in total. The van der Waals surface area contributed by atoms with E-state index in [9.17, 15) is 19.6 Å². The maximum Gasteiger partial charge on any atom is 0.332 e. The van der Waals surface area contributed by atoms with Crippen molar-refractivity contribution in [3.63, 3.8) is 0 Å². The lowest BCUT2D eigenvalue weighted by Crippen LogP contribution is -2.55. The number of nitrogens with one attached hydrogen (secondary N) is 1. The number of rotatable bonds is 4. The molecule has 2 bridgehead atoms. The molecule has 2 aromatic carbocycles. The number of ether oxygens (including phenoxy) is 2. The summed E-state index contributed by atoms with van der Waals surface area (Å²) >= 11 is 6.28. The molecule has 0 radical (unpaired) electrons. The Balaban J connectivity index is 1.39. The number of nitriles is 1. The largest absolute Gasteiger partial charge is 0.497 e. The van der Waals surface area contributed by atoms with Crippen molar-refractivity contribution in [1.29, 1.82) is 5.26 Å². The summed E-state index contributed by atoms with van der Waals surface area (Å²) in [6.45, 7) is 1.98. The topological polar surface area (TPSA) is 115 Å². The van der Waals surface area contributed by atoms with Crippen LogP contribution in [0.2, 0.25) is 5.02 Å². The Kier molecular flexibility index (Phi) is 5.44. The average Bonchev–Trinajstić information content (AvgIpc) is 3.52. The van der Waals surface area contributed by atoms with Crippen molar-refractivity contribution in [3.8, 4) is 17.6 Å². The molecule has 0 unspecified atom stereocenters. The van der Waals surface area contributed by atoms with Gasteiger partial charge in [0.05, 0.1) is 42.6 Å². The Bertz CT molecular complexity index is 1290. The molecule has 11 heteroatoms. The third kappa shape index (κ3) is 3.42. The van der Waals surface area contributed by atoms with Gasteiger partial charge in [0, 0.05) is 30.4 Å². The molecule has 3 aliphatic heterocycles. The van der Waals surface area contributed by atoms with Gasteiger partial charge in [0.2, 0.25) is 0 Å². The molecule has 0 saturated carbocycles. The molecule has 0 aliphatic carbocycles. The number of methoxy groups -OCH3 is 2. The van der Waals surface area contributed by atoms with E-state index >= 15 is 0 Å². The van der Waals surface area contributed by atoms with Crippen LogP contribution in [0.25, 0.3) is 0 Å². The number of fused-ring (bicyclic) bond motifs is 5. The molecule has 3 saturated heterocycles. The third-order valence-electron chi connectivity index (χ3n) is 6.85. The van der Waals surface area contributed by atoms with E-state index in [0.717, 1.165) is 4.90 Å². The fourth-order valence-electron chi connectivity index (χ4n) is 5.19. The highest BCUT2D eigenvalue weighted by atomic mass is 35.5. The highest BCUT2D eigenvalue weighted by molar-refractivity contribution is 6.33. The predicted molar refractivity (Wildman–Crippen MR) is 127 cm³/mol. The monoisotopic (exact) mass is 495 g/mol. The van der Waals surface area contributed by atoms with Crippen molar-refractivity contribution in [3.05, 3.63) is 46.5 Å². The maximum absolute atomic E-state index is 13.5. The van der Waals surface area contributed by atoms with Crippen LogP contribution in [0.1, 0.15) is 17.5 Å². The molecule has 2 aromatic rings. The number of likely N-dealkylation sites (tertiary alicyclic amines) is 1. The first-order valence-corrected chi connectivity index (χ1v) is 11.3. The van der Waals surface area contributed by atoms with E-state index in [1.54, 1.807) is 41.0 Å². The van der Waals surface area contributed by atoms with Gasteiger partial charge in [0.1, 0.15) is 23.6 Å². The number of anilines is 2. The van der Waals surface area contributed by atoms with E-state index in [2.05, 4.69) is 5.32 Å². The van der Waals surface area contributed by atoms with Gasteiger partial charge in [0.15, 0.2) is 0 Å². The highest BCUT2D eigenvalue weighted by Gasteiger charge is 2.63. The summed E-state index contributed by atoms with van der Waals surface area (Å²) in [5.41, 5.74) is 1.58. The zero-order valence-corrected chi connectivity index (χ0v) is 20.0. The van der Waals surface area contributed by atoms with Crippen molar-refractivity contribution >= 4 is 40.9 Å². The van der Waals surface area contributed by atoms with Crippen LogP contribution in [-0.2, 0) is 4.79 Å². The van der Waals surface area contributed by atoms with Crippen molar-refractivity contribution in [2.24, 2.45) is 0 Å². The van der Waals surface area contributed by atoms with Gasteiger partial charge in [0.25, 0.3) is 5.91 Å². The molecule has 180 valence electrons. The maximum atomic E-state index is 13.5. The van der Waals surface area contributed by atoms with Gasteiger partial charge >= 0.3 is 12.1 Å². The van der Waals surface area contributed by atoms with E-state index in [4.69, 9.17) is 21.1 Å². The Morgan fingerprint density at radius 3 is 2.49 bits per heavy atom. The van der Waals surface area contributed by atoms with Crippen molar-refractivity contribution < 1.29 is 23.9 Å². The standard InChI is InChI=1S/C24H22ClN5O5/c1-12-18(5-4-13(10-26)20(12)25)30-22(31)21-19-8-15(29(21)24(30)33)11-28(19)23(32)27-14-6-16(34-2)9-17(7-14)35-3/h4-7,9,15,19,21H,8,11H2,1-3H3,(H,27,32)/t15-,19-,21-/m0/s1. The predicted octanol–water partition coefficient (Wildman–Crippen LogP) is 3.36. The van der Waals surface area contributed by atoms with Crippen LogP contribution in [-0.4, -0.2) is 66.7 Å². The molecule has 35 heavy (non-hydrogen) atoms. The molecule has 3 fully saturated rings. The van der Waals surface area contributed by atoms with Crippen LogP contribution in [0.5, 0.6) is 11.5 Å². The van der Waals surface area contributed by atoms with Crippen LogP contribution in [0, 0.1) is 18.3 Å². The van der Waals surface area contributed by atoms with Gasteiger partial charge in [-0.1, -0.05) is 11.6 Å². The molecular formula is C24H22ClN5O5. The van der Waals surface area contributed by atoms with E-state index in [0.29, 0.717) is 41.4 Å². The van der Waals surface area contributed by atoms with E-state index in [1.165, 1.54) is 20.3 Å². The summed E-state index contributed by atoms with van der Waals surface area (Å²) in [6.07, 6.45) is 0.526. The van der Waals surface area contributed by atoms with Crippen LogP contribution >= 0.6 is 11.6 Å². The van der Waals surface area contributed by atoms with Gasteiger partial charge in [-0.15, -0.1) is 0 Å². The molecule has 3 heterocycles. The number of carbonyl (C=O) groups is 3. The lowest BCUT2D eigenvalue weighted by Gasteiger charge is -2.34. The quantitative estimate of drug-likeness (QED) is 0.650. The van der Waals surface area contributed by atoms with Gasteiger partial charge in [-0.3, -0.25) is 4.79 Å². The molecule has 3 atom stereocenters. The normalized spacial score (nSPS) is 22.4. The molecule has 5 rings (SSSR count). The first-order valence-electron chi connectivity index (χ1n) is 10.9. The van der Waals surface area contributed by atoms with Gasteiger partial charge < -0.3 is 24.6 Å². The second-order valence-corrected chi connectivity index (χ2v) is 9.01. The lowest BCUT2D eigenvalue weighted by molar-refractivity contribution is -0.120. The average molecular weight is 496 g/mol. The number of urea groups is 2. The Labute approximate surface area is 206 Å².